The molecule has 0 aromatic heterocycles. The zero-order chi connectivity index (χ0) is 14.1. The lowest BCUT2D eigenvalue weighted by molar-refractivity contribution is 0.213. The standard InChI is InChI=1S/C15H29N3O/c1-4-18(5-2)13(3)11-16-15(19)17-12-14-9-7-6-8-10-14/h6-7,13-14H,4-5,8-12H2,1-3H3,(H2,16,17,19). The number of rotatable bonds is 7. The highest BCUT2D eigenvalue weighted by molar-refractivity contribution is 5.73. The van der Waals surface area contributed by atoms with Crippen LogP contribution in [0.4, 0.5) is 4.79 Å². The van der Waals surface area contributed by atoms with Crippen molar-refractivity contribution in [2.75, 3.05) is 26.2 Å². The number of urea groups is 1. The van der Waals surface area contributed by atoms with Gasteiger partial charge in [-0.05, 0) is 45.2 Å². The Kier molecular flexibility index (Phi) is 7.56. The SMILES string of the molecule is CCN(CC)C(C)CNC(=O)NCC1CC=CCC1. The molecule has 2 atom stereocenters. The Balaban J connectivity index is 2.15. The van der Waals surface area contributed by atoms with Gasteiger partial charge >= 0.3 is 6.03 Å². The lowest BCUT2D eigenvalue weighted by Crippen LogP contribution is -2.46. The number of nitrogens with one attached hydrogen (secondary N) is 2. The predicted molar refractivity (Wildman–Crippen MR) is 80.3 cm³/mol. The van der Waals surface area contributed by atoms with Gasteiger partial charge in [-0.1, -0.05) is 26.0 Å². The maximum absolute atomic E-state index is 11.7. The second-order valence-corrected chi connectivity index (χ2v) is 5.31. The lowest BCUT2D eigenvalue weighted by atomic mass is 9.94. The van der Waals surface area contributed by atoms with Crippen molar-refractivity contribution >= 4 is 6.03 Å². The molecule has 4 nitrogen and oxygen atoms in total. The van der Waals surface area contributed by atoms with E-state index in [1.807, 2.05) is 0 Å². The molecule has 0 radical (unpaired) electrons. The molecule has 19 heavy (non-hydrogen) atoms. The normalized spacial score (nSPS) is 20.3. The van der Waals surface area contributed by atoms with Crippen LogP contribution in [0.5, 0.6) is 0 Å². The van der Waals surface area contributed by atoms with Gasteiger partial charge < -0.3 is 10.6 Å². The molecule has 2 unspecified atom stereocenters. The third-order valence-electron chi connectivity index (χ3n) is 3.92. The number of hydrogen-bond acceptors (Lipinski definition) is 2. The van der Waals surface area contributed by atoms with E-state index in [-0.39, 0.29) is 6.03 Å². The molecule has 1 aliphatic rings. The molecule has 2 amide bonds. The van der Waals surface area contributed by atoms with Crippen LogP contribution >= 0.6 is 0 Å². The zero-order valence-corrected chi connectivity index (χ0v) is 12.6. The van der Waals surface area contributed by atoms with Gasteiger partial charge in [0.1, 0.15) is 0 Å². The van der Waals surface area contributed by atoms with Gasteiger partial charge in [0.05, 0.1) is 0 Å². The van der Waals surface area contributed by atoms with Crippen LogP contribution in [0.2, 0.25) is 0 Å². The topological polar surface area (TPSA) is 44.4 Å². The summed E-state index contributed by atoms with van der Waals surface area (Å²) in [6.45, 7) is 9.99. The summed E-state index contributed by atoms with van der Waals surface area (Å²) < 4.78 is 0. The molecule has 0 aliphatic heterocycles. The van der Waals surface area contributed by atoms with Crippen LogP contribution in [-0.2, 0) is 0 Å². The molecule has 0 aromatic rings. The van der Waals surface area contributed by atoms with Crippen molar-refractivity contribution in [2.24, 2.45) is 5.92 Å². The van der Waals surface area contributed by atoms with Crippen LogP contribution < -0.4 is 10.6 Å². The molecular weight excluding hydrogens is 238 g/mol. The first kappa shape index (κ1) is 16.0. The Hall–Kier alpha value is -1.03. The average Bonchev–Trinajstić information content (AvgIpc) is 2.45. The van der Waals surface area contributed by atoms with E-state index in [0.29, 0.717) is 18.5 Å². The second-order valence-electron chi connectivity index (χ2n) is 5.31. The molecular formula is C15H29N3O. The Morgan fingerprint density at radius 2 is 2.05 bits per heavy atom. The molecule has 1 aliphatic carbocycles. The number of amides is 2. The van der Waals surface area contributed by atoms with Gasteiger partial charge in [0, 0.05) is 19.1 Å². The van der Waals surface area contributed by atoms with Gasteiger partial charge in [0.2, 0.25) is 0 Å². The lowest BCUT2D eigenvalue weighted by Gasteiger charge is -2.26. The molecule has 4 heteroatoms. The summed E-state index contributed by atoms with van der Waals surface area (Å²) in [5, 5.41) is 5.94. The van der Waals surface area contributed by atoms with Crippen molar-refractivity contribution in [2.45, 2.75) is 46.1 Å². The average molecular weight is 267 g/mol. The molecule has 0 bridgehead atoms. The molecule has 1 rings (SSSR count). The Morgan fingerprint density at radius 1 is 1.32 bits per heavy atom. The van der Waals surface area contributed by atoms with E-state index in [1.165, 1.54) is 6.42 Å². The van der Waals surface area contributed by atoms with E-state index >= 15 is 0 Å². The first-order valence-corrected chi connectivity index (χ1v) is 7.58. The maximum atomic E-state index is 11.7. The molecule has 0 fully saturated rings. The summed E-state index contributed by atoms with van der Waals surface area (Å²) in [6, 6.07) is 0.354. The van der Waals surface area contributed by atoms with Gasteiger partial charge in [-0.25, -0.2) is 4.79 Å². The van der Waals surface area contributed by atoms with Crippen LogP contribution in [0, 0.1) is 5.92 Å². The maximum Gasteiger partial charge on any atom is 0.314 e. The zero-order valence-electron chi connectivity index (χ0n) is 12.6. The van der Waals surface area contributed by atoms with Crippen LogP contribution in [-0.4, -0.2) is 43.2 Å². The molecule has 0 saturated carbocycles. The molecule has 0 aromatic carbocycles. The van der Waals surface area contributed by atoms with Crippen molar-refractivity contribution in [1.82, 2.24) is 15.5 Å². The Bertz CT molecular complexity index is 287. The number of allylic oxidation sites excluding steroid dienone is 2. The first-order chi connectivity index (χ1) is 9.17. The van der Waals surface area contributed by atoms with Crippen molar-refractivity contribution in [3.8, 4) is 0 Å². The molecule has 0 heterocycles. The second kappa shape index (κ2) is 8.97. The van der Waals surface area contributed by atoms with E-state index in [4.69, 9.17) is 0 Å². The predicted octanol–water partition coefficient (Wildman–Crippen LogP) is 2.37. The monoisotopic (exact) mass is 267 g/mol. The van der Waals surface area contributed by atoms with Gasteiger partial charge in [-0.2, -0.15) is 0 Å². The number of likely N-dealkylation sites (N-methyl/N-ethyl adjacent to an activating group) is 1. The van der Waals surface area contributed by atoms with Gasteiger partial charge in [-0.15, -0.1) is 0 Å². The third kappa shape index (κ3) is 6.10. The van der Waals surface area contributed by atoms with Gasteiger partial charge in [0.15, 0.2) is 0 Å². The summed E-state index contributed by atoms with van der Waals surface area (Å²) in [4.78, 5) is 14.1. The van der Waals surface area contributed by atoms with E-state index in [2.05, 4.69) is 48.5 Å². The van der Waals surface area contributed by atoms with Crippen LogP contribution in [0.25, 0.3) is 0 Å². The quantitative estimate of drug-likeness (QED) is 0.696. The number of nitrogens with zero attached hydrogens (tertiary/aromatic N) is 1. The summed E-state index contributed by atoms with van der Waals surface area (Å²) >= 11 is 0. The summed E-state index contributed by atoms with van der Waals surface area (Å²) in [7, 11) is 0. The summed E-state index contributed by atoms with van der Waals surface area (Å²) in [5.41, 5.74) is 0. The largest absolute Gasteiger partial charge is 0.338 e. The van der Waals surface area contributed by atoms with E-state index < -0.39 is 0 Å². The van der Waals surface area contributed by atoms with Gasteiger partial charge in [0.25, 0.3) is 0 Å². The number of hydrogen-bond donors (Lipinski definition) is 2. The fraction of sp³-hybridized carbons (Fsp3) is 0.800. The number of carbonyl (C=O) groups excluding carboxylic acids is 1. The minimum atomic E-state index is -0.0337. The Morgan fingerprint density at radius 3 is 2.63 bits per heavy atom. The summed E-state index contributed by atoms with van der Waals surface area (Å²) in [5.74, 6) is 0.607. The van der Waals surface area contributed by atoms with Crippen molar-refractivity contribution in [1.29, 1.82) is 0 Å². The Labute approximate surface area is 117 Å². The fourth-order valence-corrected chi connectivity index (χ4v) is 2.56. The summed E-state index contributed by atoms with van der Waals surface area (Å²) in [6.07, 6.45) is 7.87. The van der Waals surface area contributed by atoms with E-state index in [9.17, 15) is 4.79 Å². The molecule has 0 saturated heterocycles. The highest BCUT2D eigenvalue weighted by Crippen LogP contribution is 2.16. The highest BCUT2D eigenvalue weighted by atomic mass is 16.2. The van der Waals surface area contributed by atoms with Crippen LogP contribution in [0.15, 0.2) is 12.2 Å². The van der Waals surface area contributed by atoms with E-state index in [1.54, 1.807) is 0 Å². The fourth-order valence-electron chi connectivity index (χ4n) is 2.56. The number of carbonyl (C=O) groups is 1. The van der Waals surface area contributed by atoms with Crippen molar-refractivity contribution in [3.05, 3.63) is 12.2 Å². The third-order valence-corrected chi connectivity index (χ3v) is 3.92. The van der Waals surface area contributed by atoms with Crippen molar-refractivity contribution in [3.63, 3.8) is 0 Å². The van der Waals surface area contributed by atoms with Crippen LogP contribution in [0.1, 0.15) is 40.0 Å². The van der Waals surface area contributed by atoms with E-state index in [0.717, 1.165) is 32.5 Å². The van der Waals surface area contributed by atoms with Crippen LogP contribution in [0.3, 0.4) is 0 Å². The van der Waals surface area contributed by atoms with Crippen molar-refractivity contribution < 1.29 is 4.79 Å². The molecule has 0 spiro atoms. The molecule has 2 N–H and O–H groups in total. The minimum absolute atomic E-state index is 0.0337. The molecule has 110 valence electrons. The van der Waals surface area contributed by atoms with Gasteiger partial charge in [-0.3, -0.25) is 4.90 Å². The minimum Gasteiger partial charge on any atom is -0.338 e. The highest BCUT2D eigenvalue weighted by Gasteiger charge is 2.13. The first-order valence-electron chi connectivity index (χ1n) is 7.58. The smallest absolute Gasteiger partial charge is 0.314 e.